The second-order valence-corrected chi connectivity index (χ2v) is 6.27. The summed E-state index contributed by atoms with van der Waals surface area (Å²) in [4.78, 5) is 23.6. The number of hydrogen-bond acceptors (Lipinski definition) is 4. The molecule has 3 N–H and O–H groups in total. The number of furan rings is 1. The number of para-hydroxylation sites is 1. The van der Waals surface area contributed by atoms with Crippen LogP contribution in [0.4, 0.5) is 10.5 Å². The van der Waals surface area contributed by atoms with Crippen LogP contribution in [-0.2, 0) is 4.79 Å². The van der Waals surface area contributed by atoms with Crippen LogP contribution in [0.1, 0.15) is 25.6 Å². The van der Waals surface area contributed by atoms with Gasteiger partial charge in [-0.25, -0.2) is 4.79 Å². The van der Waals surface area contributed by atoms with Crippen LogP contribution in [0, 0.1) is 0 Å². The first kappa shape index (κ1) is 19.3. The molecule has 0 bridgehead atoms. The number of benzene rings is 2. The van der Waals surface area contributed by atoms with Gasteiger partial charge in [-0.15, -0.1) is 0 Å². The van der Waals surface area contributed by atoms with Gasteiger partial charge in [0.05, 0.1) is 6.04 Å². The molecule has 2 aromatic carbocycles. The fourth-order valence-electron chi connectivity index (χ4n) is 2.68. The van der Waals surface area contributed by atoms with E-state index in [1.807, 2.05) is 44.2 Å². The molecule has 28 heavy (non-hydrogen) atoms. The molecule has 3 aromatic rings. The van der Waals surface area contributed by atoms with E-state index in [1.54, 1.807) is 24.3 Å². The second kappa shape index (κ2) is 8.94. The third-order valence-electron chi connectivity index (χ3n) is 4.08. The summed E-state index contributed by atoms with van der Waals surface area (Å²) >= 11 is 0. The molecule has 0 unspecified atom stereocenters. The van der Waals surface area contributed by atoms with Gasteiger partial charge in [-0.1, -0.05) is 18.2 Å². The maximum Gasteiger partial charge on any atom is 0.319 e. The van der Waals surface area contributed by atoms with Crippen molar-refractivity contribution < 1.29 is 18.7 Å². The molecule has 0 fully saturated rings. The number of carbonyl (C=O) groups is 2. The number of amides is 3. The first-order valence-corrected chi connectivity index (χ1v) is 9.10. The molecule has 0 radical (unpaired) electrons. The van der Waals surface area contributed by atoms with Gasteiger partial charge in [0.1, 0.15) is 17.1 Å². The summed E-state index contributed by atoms with van der Waals surface area (Å²) in [7, 11) is 0. The van der Waals surface area contributed by atoms with E-state index in [0.29, 0.717) is 23.7 Å². The first-order chi connectivity index (χ1) is 13.5. The molecule has 0 aliphatic heterocycles. The lowest BCUT2D eigenvalue weighted by Crippen LogP contribution is -2.31. The summed E-state index contributed by atoms with van der Waals surface area (Å²) in [6, 6.07) is 15.8. The van der Waals surface area contributed by atoms with E-state index in [-0.39, 0.29) is 24.6 Å². The molecule has 1 atom stereocenters. The summed E-state index contributed by atoms with van der Waals surface area (Å²) in [5.41, 5.74) is 1.40. The third kappa shape index (κ3) is 5.03. The van der Waals surface area contributed by atoms with Crippen LogP contribution in [-0.4, -0.2) is 25.1 Å². The van der Waals surface area contributed by atoms with Crippen molar-refractivity contribution in [2.45, 2.75) is 19.9 Å². The molecule has 0 aliphatic rings. The van der Waals surface area contributed by atoms with E-state index >= 15 is 0 Å². The highest BCUT2D eigenvalue weighted by atomic mass is 16.5. The maximum absolute atomic E-state index is 12.2. The van der Waals surface area contributed by atoms with Gasteiger partial charge in [0.15, 0.2) is 6.61 Å². The van der Waals surface area contributed by atoms with Crippen molar-refractivity contribution in [1.82, 2.24) is 10.6 Å². The van der Waals surface area contributed by atoms with Crippen molar-refractivity contribution in [3.8, 4) is 5.75 Å². The first-order valence-electron chi connectivity index (χ1n) is 9.10. The van der Waals surface area contributed by atoms with Crippen molar-refractivity contribution in [2.75, 3.05) is 18.5 Å². The summed E-state index contributed by atoms with van der Waals surface area (Å²) in [5, 5.41) is 9.26. The molecule has 0 saturated heterocycles. The minimum absolute atomic E-state index is 0.0455. The highest BCUT2D eigenvalue weighted by molar-refractivity contribution is 5.89. The van der Waals surface area contributed by atoms with Crippen LogP contribution in [0.5, 0.6) is 5.75 Å². The Morgan fingerprint density at radius 3 is 2.57 bits per heavy atom. The molecule has 0 aliphatic carbocycles. The maximum atomic E-state index is 12.2. The van der Waals surface area contributed by atoms with E-state index < -0.39 is 0 Å². The quantitative estimate of drug-likeness (QED) is 0.580. The lowest BCUT2D eigenvalue weighted by atomic mass is 10.2. The normalized spacial score (nSPS) is 11.6. The fraction of sp³-hybridized carbons (Fsp3) is 0.238. The number of fused-ring (bicyclic) bond motifs is 1. The van der Waals surface area contributed by atoms with Gasteiger partial charge in [0.2, 0.25) is 0 Å². The molecule has 146 valence electrons. The van der Waals surface area contributed by atoms with Crippen molar-refractivity contribution in [3.63, 3.8) is 0 Å². The highest BCUT2D eigenvalue weighted by Gasteiger charge is 2.14. The average Bonchev–Trinajstić information content (AvgIpc) is 3.12. The van der Waals surface area contributed by atoms with Crippen molar-refractivity contribution in [3.05, 3.63) is 60.4 Å². The Bertz CT molecular complexity index is 917. The number of likely N-dealkylation sites (N-methyl/N-ethyl adjacent to an activating group) is 1. The Balaban J connectivity index is 1.52. The highest BCUT2D eigenvalue weighted by Crippen LogP contribution is 2.23. The number of rotatable bonds is 7. The zero-order chi connectivity index (χ0) is 19.9. The van der Waals surface area contributed by atoms with E-state index in [4.69, 9.17) is 9.15 Å². The Morgan fingerprint density at radius 1 is 1.11 bits per heavy atom. The zero-order valence-corrected chi connectivity index (χ0v) is 15.8. The van der Waals surface area contributed by atoms with Gasteiger partial charge in [-0.05, 0) is 50.2 Å². The number of ether oxygens (including phenoxy) is 1. The number of hydrogen-bond donors (Lipinski definition) is 3. The molecular formula is C21H23N3O4. The minimum Gasteiger partial charge on any atom is -0.484 e. The van der Waals surface area contributed by atoms with Crippen LogP contribution >= 0.6 is 0 Å². The average molecular weight is 381 g/mol. The van der Waals surface area contributed by atoms with Gasteiger partial charge in [0, 0.05) is 17.6 Å². The zero-order valence-electron chi connectivity index (χ0n) is 15.8. The van der Waals surface area contributed by atoms with Gasteiger partial charge in [0.25, 0.3) is 5.91 Å². The van der Waals surface area contributed by atoms with Crippen LogP contribution < -0.4 is 20.7 Å². The van der Waals surface area contributed by atoms with Crippen molar-refractivity contribution in [1.29, 1.82) is 0 Å². The van der Waals surface area contributed by atoms with E-state index in [0.717, 1.165) is 11.0 Å². The van der Waals surface area contributed by atoms with Gasteiger partial charge in [-0.2, -0.15) is 0 Å². The number of carbonyl (C=O) groups excluding carboxylic acids is 2. The van der Waals surface area contributed by atoms with E-state index in [2.05, 4.69) is 16.0 Å². The predicted octanol–water partition coefficient (Wildman–Crippen LogP) is 3.83. The molecule has 7 heteroatoms. The Hall–Kier alpha value is -3.48. The monoisotopic (exact) mass is 381 g/mol. The topological polar surface area (TPSA) is 92.6 Å². The van der Waals surface area contributed by atoms with Gasteiger partial charge >= 0.3 is 6.03 Å². The molecule has 1 aromatic heterocycles. The molecule has 0 spiro atoms. The molecule has 7 nitrogen and oxygen atoms in total. The van der Waals surface area contributed by atoms with Gasteiger partial charge in [-0.3, -0.25) is 4.79 Å². The Kier molecular flexibility index (Phi) is 6.16. The number of urea groups is 1. The second-order valence-electron chi connectivity index (χ2n) is 6.27. The minimum atomic E-state index is -0.344. The SMILES string of the molecule is CCNC(=O)COc1ccc(NC(=O)N[C@H](C)c2cc3ccccc3o2)cc1. The van der Waals surface area contributed by atoms with Crippen LogP contribution in [0.15, 0.2) is 59.0 Å². The summed E-state index contributed by atoms with van der Waals surface area (Å²) in [6.45, 7) is 4.22. The molecule has 3 rings (SSSR count). The number of nitrogens with one attached hydrogen (secondary N) is 3. The largest absolute Gasteiger partial charge is 0.484 e. The Labute approximate surface area is 163 Å². The summed E-state index contributed by atoms with van der Waals surface area (Å²) < 4.78 is 11.1. The standard InChI is InChI=1S/C21H23N3O4/c1-3-22-20(25)13-27-17-10-8-16(9-11-17)24-21(26)23-14(2)19-12-15-6-4-5-7-18(15)28-19/h4-12,14H,3,13H2,1-2H3,(H,22,25)(H2,23,24,26)/t14-/m1/s1. The van der Waals surface area contributed by atoms with Crippen molar-refractivity contribution in [2.24, 2.45) is 0 Å². The van der Waals surface area contributed by atoms with Gasteiger partial charge < -0.3 is 25.1 Å². The van der Waals surface area contributed by atoms with E-state index in [1.165, 1.54) is 0 Å². The predicted molar refractivity (Wildman–Crippen MR) is 107 cm³/mol. The lowest BCUT2D eigenvalue weighted by Gasteiger charge is -2.13. The molecular weight excluding hydrogens is 358 g/mol. The van der Waals surface area contributed by atoms with Crippen LogP contribution in [0.3, 0.4) is 0 Å². The smallest absolute Gasteiger partial charge is 0.319 e. The number of anilines is 1. The molecule has 1 heterocycles. The molecule has 0 saturated carbocycles. The summed E-state index contributed by atoms with van der Waals surface area (Å²) in [5.74, 6) is 1.06. The third-order valence-corrected chi connectivity index (χ3v) is 4.08. The van der Waals surface area contributed by atoms with Crippen LogP contribution in [0.25, 0.3) is 11.0 Å². The Morgan fingerprint density at radius 2 is 1.86 bits per heavy atom. The van der Waals surface area contributed by atoms with E-state index in [9.17, 15) is 9.59 Å². The van der Waals surface area contributed by atoms with Crippen molar-refractivity contribution >= 4 is 28.6 Å². The lowest BCUT2D eigenvalue weighted by molar-refractivity contribution is -0.122. The van der Waals surface area contributed by atoms with Crippen LogP contribution in [0.2, 0.25) is 0 Å². The fourth-order valence-corrected chi connectivity index (χ4v) is 2.68. The molecule has 3 amide bonds. The summed E-state index contributed by atoms with van der Waals surface area (Å²) in [6.07, 6.45) is 0.